The largest absolute Gasteiger partial charge is 0.352 e. The number of thiophene rings is 1. The zero-order chi connectivity index (χ0) is 24.6. The van der Waals surface area contributed by atoms with Gasteiger partial charge in [-0.1, -0.05) is 37.3 Å². The van der Waals surface area contributed by atoms with E-state index in [-0.39, 0.29) is 11.6 Å². The number of hydrogen-bond acceptors (Lipinski definition) is 5. The van der Waals surface area contributed by atoms with Crippen molar-refractivity contribution in [2.24, 2.45) is 5.92 Å². The normalized spacial score (nSPS) is 18.6. The van der Waals surface area contributed by atoms with E-state index in [0.29, 0.717) is 13.1 Å². The molecule has 2 aliphatic rings. The van der Waals surface area contributed by atoms with Gasteiger partial charge in [-0.25, -0.2) is 14.8 Å². The molecule has 1 saturated heterocycles. The summed E-state index contributed by atoms with van der Waals surface area (Å²) in [6, 6.07) is 10.6. The predicted molar refractivity (Wildman–Crippen MR) is 145 cm³/mol. The Balaban J connectivity index is 1.42. The van der Waals surface area contributed by atoms with E-state index in [0.717, 1.165) is 61.2 Å². The van der Waals surface area contributed by atoms with E-state index < -0.39 is 0 Å². The summed E-state index contributed by atoms with van der Waals surface area (Å²) in [6.45, 7) is 11.4. The second kappa shape index (κ2) is 9.76. The Hall–Kier alpha value is -2.67. The highest BCUT2D eigenvalue weighted by molar-refractivity contribution is 7.19. The first-order chi connectivity index (χ1) is 16.8. The van der Waals surface area contributed by atoms with E-state index in [1.165, 1.54) is 27.8 Å². The molecular weight excluding hydrogens is 454 g/mol. The average Bonchev–Trinajstić information content (AvgIpc) is 3.19. The molecule has 1 aromatic carbocycles. The van der Waals surface area contributed by atoms with Crippen molar-refractivity contribution in [2.45, 2.75) is 65.3 Å². The fraction of sp³-hybridized carbons (Fsp3) is 0.536. The first-order valence-electron chi connectivity index (χ1n) is 12.9. The average molecular weight is 492 g/mol. The van der Waals surface area contributed by atoms with Crippen LogP contribution in [0.3, 0.4) is 0 Å². The van der Waals surface area contributed by atoms with E-state index in [2.05, 4.69) is 47.5 Å². The fourth-order valence-corrected chi connectivity index (χ4v) is 6.52. The summed E-state index contributed by atoms with van der Waals surface area (Å²) in [5, 5.41) is 4.37. The van der Waals surface area contributed by atoms with Crippen LogP contribution in [-0.2, 0) is 25.7 Å². The molecule has 7 heteroatoms. The van der Waals surface area contributed by atoms with Crippen molar-refractivity contribution in [3.63, 3.8) is 0 Å². The Morgan fingerprint density at radius 2 is 1.83 bits per heavy atom. The summed E-state index contributed by atoms with van der Waals surface area (Å²) in [7, 11) is 0. The molecule has 3 heterocycles. The van der Waals surface area contributed by atoms with Crippen LogP contribution in [0.4, 0.5) is 10.6 Å². The molecule has 1 aliphatic carbocycles. The first-order valence-corrected chi connectivity index (χ1v) is 13.8. The monoisotopic (exact) mass is 491 g/mol. The highest BCUT2D eigenvalue weighted by atomic mass is 32.1. The molecule has 2 aromatic heterocycles. The standard InChI is InChI=1S/C28H37N5OS/c1-19-10-12-21-22(18-19)35-26-24(21)25(29-23(30-26)13-11-20-8-6-5-7-9-20)32-14-16-33(17-15-32)27(34)31-28(2,3)4/h5-9,19H,10-18H2,1-4H3,(H,31,34)/t19-/m1/s1. The van der Waals surface area contributed by atoms with Gasteiger partial charge >= 0.3 is 6.03 Å². The van der Waals surface area contributed by atoms with Crippen LogP contribution in [0.2, 0.25) is 0 Å². The molecule has 35 heavy (non-hydrogen) atoms. The number of amides is 2. The number of aryl methyl sites for hydroxylation is 3. The molecule has 0 unspecified atom stereocenters. The van der Waals surface area contributed by atoms with Crippen LogP contribution in [0.25, 0.3) is 10.2 Å². The molecule has 1 aliphatic heterocycles. The van der Waals surface area contributed by atoms with Crippen molar-refractivity contribution < 1.29 is 4.79 Å². The predicted octanol–water partition coefficient (Wildman–Crippen LogP) is 5.23. The number of nitrogens with one attached hydrogen (secondary N) is 1. The van der Waals surface area contributed by atoms with Crippen LogP contribution < -0.4 is 10.2 Å². The lowest BCUT2D eigenvalue weighted by Gasteiger charge is -2.37. The third kappa shape index (κ3) is 5.45. The molecule has 3 aromatic rings. The maximum absolute atomic E-state index is 12.7. The molecule has 0 spiro atoms. The lowest BCUT2D eigenvalue weighted by molar-refractivity contribution is 0.185. The molecule has 0 radical (unpaired) electrons. The van der Waals surface area contributed by atoms with Crippen molar-refractivity contribution in [2.75, 3.05) is 31.1 Å². The molecule has 0 bridgehead atoms. The summed E-state index contributed by atoms with van der Waals surface area (Å²) in [5.74, 6) is 2.74. The number of rotatable bonds is 4. The number of hydrogen-bond donors (Lipinski definition) is 1. The number of fused-ring (bicyclic) bond motifs is 3. The molecule has 1 fully saturated rings. The molecular formula is C28H37N5OS. The van der Waals surface area contributed by atoms with Gasteiger partial charge in [-0.2, -0.15) is 0 Å². The van der Waals surface area contributed by atoms with Gasteiger partial charge in [-0.15, -0.1) is 11.3 Å². The summed E-state index contributed by atoms with van der Waals surface area (Å²) < 4.78 is 0. The number of carbonyl (C=O) groups excluding carboxylic acids is 1. The van der Waals surface area contributed by atoms with E-state index in [1.54, 1.807) is 0 Å². The number of benzene rings is 1. The Bertz CT molecular complexity index is 1190. The van der Waals surface area contributed by atoms with Crippen molar-refractivity contribution >= 4 is 33.4 Å². The summed E-state index contributed by atoms with van der Waals surface area (Å²) in [5.41, 5.74) is 2.56. The minimum atomic E-state index is -0.229. The van der Waals surface area contributed by atoms with Crippen LogP contribution in [0, 0.1) is 5.92 Å². The quantitative estimate of drug-likeness (QED) is 0.543. The second-order valence-corrected chi connectivity index (χ2v) is 12.2. The number of carbonyl (C=O) groups is 1. The minimum Gasteiger partial charge on any atom is -0.352 e. The number of piperazine rings is 1. The first kappa shape index (κ1) is 24.0. The minimum absolute atomic E-state index is 0.0236. The van der Waals surface area contributed by atoms with E-state index >= 15 is 0 Å². The smallest absolute Gasteiger partial charge is 0.317 e. The Kier molecular flexibility index (Phi) is 6.71. The summed E-state index contributed by atoms with van der Waals surface area (Å²) in [4.78, 5) is 29.9. The van der Waals surface area contributed by atoms with Gasteiger partial charge < -0.3 is 15.1 Å². The molecule has 186 valence electrons. The Morgan fingerprint density at radius 3 is 2.54 bits per heavy atom. The van der Waals surface area contributed by atoms with Crippen molar-refractivity contribution in [3.8, 4) is 0 Å². The highest BCUT2D eigenvalue weighted by Gasteiger charge is 2.29. The van der Waals surface area contributed by atoms with Gasteiger partial charge in [0.1, 0.15) is 16.5 Å². The van der Waals surface area contributed by atoms with Crippen molar-refractivity contribution in [1.82, 2.24) is 20.2 Å². The molecule has 0 saturated carbocycles. The van der Waals surface area contributed by atoms with E-state index in [4.69, 9.17) is 9.97 Å². The number of urea groups is 1. The van der Waals surface area contributed by atoms with Crippen molar-refractivity contribution in [1.29, 1.82) is 0 Å². The SMILES string of the molecule is C[C@@H]1CCc2c(sc3nc(CCc4ccccc4)nc(N4CCN(C(=O)NC(C)(C)C)CC4)c23)C1. The van der Waals surface area contributed by atoms with E-state index in [9.17, 15) is 4.79 Å². The van der Waals surface area contributed by atoms with Gasteiger partial charge in [-0.05, 0) is 63.5 Å². The van der Waals surface area contributed by atoms with Gasteiger partial charge in [0, 0.05) is 43.0 Å². The Labute approximate surface area is 212 Å². The van der Waals surface area contributed by atoms with Gasteiger partial charge in [0.25, 0.3) is 0 Å². The highest BCUT2D eigenvalue weighted by Crippen LogP contribution is 2.41. The Morgan fingerprint density at radius 1 is 1.09 bits per heavy atom. The van der Waals surface area contributed by atoms with Crippen LogP contribution in [0.1, 0.15) is 55.9 Å². The zero-order valence-electron chi connectivity index (χ0n) is 21.4. The van der Waals surface area contributed by atoms with Crippen LogP contribution in [-0.4, -0.2) is 52.6 Å². The van der Waals surface area contributed by atoms with Crippen molar-refractivity contribution in [3.05, 3.63) is 52.2 Å². The lowest BCUT2D eigenvalue weighted by Crippen LogP contribution is -2.55. The molecule has 6 nitrogen and oxygen atoms in total. The number of aromatic nitrogens is 2. The number of anilines is 1. The third-order valence-corrected chi connectivity index (χ3v) is 8.16. The second-order valence-electron chi connectivity index (χ2n) is 11.1. The van der Waals surface area contributed by atoms with Gasteiger partial charge in [0.2, 0.25) is 0 Å². The summed E-state index contributed by atoms with van der Waals surface area (Å²) in [6.07, 6.45) is 5.27. The molecule has 5 rings (SSSR count). The molecule has 1 N–H and O–H groups in total. The molecule has 2 amide bonds. The van der Waals surface area contributed by atoms with Crippen LogP contribution >= 0.6 is 11.3 Å². The van der Waals surface area contributed by atoms with Crippen LogP contribution in [0.5, 0.6) is 0 Å². The van der Waals surface area contributed by atoms with Gasteiger partial charge in [0.15, 0.2) is 0 Å². The van der Waals surface area contributed by atoms with Crippen LogP contribution in [0.15, 0.2) is 30.3 Å². The topological polar surface area (TPSA) is 61.4 Å². The fourth-order valence-electron chi connectivity index (χ4n) is 5.13. The number of nitrogens with zero attached hydrogens (tertiary/aromatic N) is 4. The third-order valence-electron chi connectivity index (χ3n) is 7.01. The molecule has 1 atom stereocenters. The zero-order valence-corrected chi connectivity index (χ0v) is 22.2. The van der Waals surface area contributed by atoms with Gasteiger partial charge in [0.05, 0.1) is 5.39 Å². The van der Waals surface area contributed by atoms with Gasteiger partial charge in [-0.3, -0.25) is 0 Å². The summed E-state index contributed by atoms with van der Waals surface area (Å²) >= 11 is 1.88. The maximum Gasteiger partial charge on any atom is 0.317 e. The maximum atomic E-state index is 12.7. The van der Waals surface area contributed by atoms with E-state index in [1.807, 2.05) is 37.0 Å². The lowest BCUT2D eigenvalue weighted by atomic mass is 9.89.